The van der Waals surface area contributed by atoms with Crippen LogP contribution in [0.3, 0.4) is 0 Å². The van der Waals surface area contributed by atoms with Crippen molar-refractivity contribution in [2.45, 2.75) is 25.6 Å². The first-order valence-electron chi connectivity index (χ1n) is 6.07. The minimum Gasteiger partial charge on any atom is -0.481 e. The van der Waals surface area contributed by atoms with Gasteiger partial charge in [0.05, 0.1) is 24.0 Å². The molecule has 0 saturated heterocycles. The topological polar surface area (TPSA) is 80.7 Å². The summed E-state index contributed by atoms with van der Waals surface area (Å²) in [5.41, 5.74) is 0.304. The van der Waals surface area contributed by atoms with E-state index < -0.39 is 23.1 Å². The number of ether oxygens (including phenoxy) is 1. The molecule has 0 amide bonds. The van der Waals surface area contributed by atoms with E-state index in [0.29, 0.717) is 0 Å². The first kappa shape index (κ1) is 16.2. The van der Waals surface area contributed by atoms with Crippen molar-refractivity contribution in [2.24, 2.45) is 0 Å². The van der Waals surface area contributed by atoms with Crippen molar-refractivity contribution in [2.75, 3.05) is 6.61 Å². The number of Topliss-reactive ketones (excluding diaryl/α,β-unsaturated/α-hetero) is 1. The van der Waals surface area contributed by atoms with Gasteiger partial charge in [0.15, 0.2) is 5.78 Å². The Labute approximate surface area is 121 Å². The molecule has 0 spiro atoms. The van der Waals surface area contributed by atoms with Gasteiger partial charge < -0.3 is 9.84 Å². The first-order valence-corrected chi connectivity index (χ1v) is 6.51. The maximum Gasteiger partial charge on any atom is 0.339 e. The molecule has 0 aromatic heterocycles. The average molecular weight is 299 g/mol. The van der Waals surface area contributed by atoms with Crippen molar-refractivity contribution >= 4 is 29.3 Å². The summed E-state index contributed by atoms with van der Waals surface area (Å²) >= 11 is 5.76. The molecular formula is C14H15ClO5. The van der Waals surface area contributed by atoms with Crippen molar-refractivity contribution < 1.29 is 24.2 Å². The summed E-state index contributed by atoms with van der Waals surface area (Å²) in [6.45, 7) is 3.25. The summed E-state index contributed by atoms with van der Waals surface area (Å²) in [5.74, 6) is -2.26. The Morgan fingerprint density at radius 2 is 2.00 bits per heavy atom. The van der Waals surface area contributed by atoms with Crippen LogP contribution in [-0.2, 0) is 16.0 Å². The van der Waals surface area contributed by atoms with E-state index in [2.05, 4.69) is 0 Å². The summed E-state index contributed by atoms with van der Waals surface area (Å²) < 4.78 is 4.89. The van der Waals surface area contributed by atoms with Gasteiger partial charge in [0.25, 0.3) is 0 Å². The van der Waals surface area contributed by atoms with Crippen molar-refractivity contribution in [1.29, 1.82) is 0 Å². The van der Waals surface area contributed by atoms with Crippen LogP contribution in [0.1, 0.15) is 40.1 Å². The highest BCUT2D eigenvalue weighted by molar-refractivity contribution is 6.34. The van der Waals surface area contributed by atoms with Crippen LogP contribution in [0.5, 0.6) is 0 Å². The third-order valence-corrected chi connectivity index (χ3v) is 2.80. The highest BCUT2D eigenvalue weighted by Crippen LogP contribution is 2.20. The van der Waals surface area contributed by atoms with Crippen molar-refractivity contribution in [3.63, 3.8) is 0 Å². The minimum absolute atomic E-state index is 0.0192. The zero-order chi connectivity index (χ0) is 15.3. The molecule has 0 aliphatic carbocycles. The molecule has 1 aromatic carbocycles. The number of esters is 1. The molecule has 0 aliphatic heterocycles. The molecule has 108 valence electrons. The third-order valence-electron chi connectivity index (χ3n) is 2.60. The summed E-state index contributed by atoms with van der Waals surface area (Å²) in [6, 6.07) is 4.45. The zero-order valence-corrected chi connectivity index (χ0v) is 11.9. The van der Waals surface area contributed by atoms with E-state index in [0.717, 1.165) is 0 Å². The zero-order valence-electron chi connectivity index (χ0n) is 11.2. The summed E-state index contributed by atoms with van der Waals surface area (Å²) in [6.07, 6.45) is -0.369. The maximum absolute atomic E-state index is 12.0. The number of carbonyl (C=O) groups excluding carboxylic acids is 2. The quantitative estimate of drug-likeness (QED) is 0.495. The molecule has 0 heterocycles. The number of alkyl halides is 1. The lowest BCUT2D eigenvalue weighted by Gasteiger charge is -2.13. The van der Waals surface area contributed by atoms with Gasteiger partial charge in [-0.05, 0) is 19.4 Å². The molecule has 20 heavy (non-hydrogen) atoms. The molecule has 1 unspecified atom stereocenters. The number of benzene rings is 1. The largest absolute Gasteiger partial charge is 0.481 e. The lowest BCUT2D eigenvalue weighted by atomic mass is 9.95. The minimum atomic E-state index is -1.10. The average Bonchev–Trinajstić information content (AvgIpc) is 2.36. The fraction of sp³-hybridized carbons (Fsp3) is 0.357. The highest BCUT2D eigenvalue weighted by Gasteiger charge is 2.24. The van der Waals surface area contributed by atoms with Gasteiger partial charge in [-0.1, -0.05) is 18.2 Å². The molecule has 1 atom stereocenters. The van der Waals surface area contributed by atoms with Crippen LogP contribution in [0.2, 0.25) is 0 Å². The fourth-order valence-electron chi connectivity index (χ4n) is 1.77. The normalized spacial score (nSPS) is 11.8. The molecule has 0 aliphatic rings. The lowest BCUT2D eigenvalue weighted by Crippen LogP contribution is -2.20. The van der Waals surface area contributed by atoms with Crippen LogP contribution < -0.4 is 0 Å². The molecule has 1 aromatic rings. The summed E-state index contributed by atoms with van der Waals surface area (Å²) in [4.78, 5) is 34.9. The summed E-state index contributed by atoms with van der Waals surface area (Å²) in [5, 5.41) is 8.06. The van der Waals surface area contributed by atoms with E-state index in [-0.39, 0.29) is 29.7 Å². The predicted octanol–water partition coefficient (Wildman–Crippen LogP) is 2.30. The third kappa shape index (κ3) is 3.81. The number of carboxylic acid groups (broad SMARTS) is 1. The number of carbonyl (C=O) groups is 3. The van der Waals surface area contributed by atoms with Crippen molar-refractivity contribution in [3.8, 4) is 0 Å². The second-order valence-electron chi connectivity index (χ2n) is 4.11. The Hall–Kier alpha value is -1.88. The van der Waals surface area contributed by atoms with Crippen LogP contribution in [0.4, 0.5) is 0 Å². The number of halogens is 1. The Morgan fingerprint density at radius 1 is 1.35 bits per heavy atom. The lowest BCUT2D eigenvalue weighted by molar-refractivity contribution is -0.136. The van der Waals surface area contributed by atoms with E-state index >= 15 is 0 Å². The van der Waals surface area contributed by atoms with Gasteiger partial charge in [-0.15, -0.1) is 11.6 Å². The monoisotopic (exact) mass is 298 g/mol. The molecule has 0 saturated carbocycles. The molecule has 0 radical (unpaired) electrons. The fourth-order valence-corrected chi connectivity index (χ4v) is 1.89. The van der Waals surface area contributed by atoms with Crippen LogP contribution in [-0.4, -0.2) is 34.8 Å². The number of rotatable bonds is 6. The smallest absolute Gasteiger partial charge is 0.339 e. The van der Waals surface area contributed by atoms with E-state index in [1.54, 1.807) is 6.92 Å². The van der Waals surface area contributed by atoms with Crippen LogP contribution >= 0.6 is 11.6 Å². The maximum atomic E-state index is 12.0. The van der Waals surface area contributed by atoms with Gasteiger partial charge in [-0.2, -0.15) is 0 Å². The molecular weight excluding hydrogens is 284 g/mol. The van der Waals surface area contributed by atoms with Gasteiger partial charge >= 0.3 is 11.9 Å². The molecule has 0 fully saturated rings. The van der Waals surface area contributed by atoms with E-state index in [1.807, 2.05) is 0 Å². The number of carboxylic acids is 1. The number of hydrogen-bond donors (Lipinski definition) is 1. The van der Waals surface area contributed by atoms with Crippen molar-refractivity contribution in [3.05, 3.63) is 34.9 Å². The SMILES string of the molecule is CCOC(=O)c1c(CC(=O)O)cccc1C(=O)C(C)Cl. The van der Waals surface area contributed by atoms with Crippen LogP contribution in [0.15, 0.2) is 18.2 Å². The molecule has 0 bridgehead atoms. The van der Waals surface area contributed by atoms with Gasteiger partial charge in [0.1, 0.15) is 0 Å². The predicted molar refractivity (Wildman–Crippen MR) is 73.4 cm³/mol. The summed E-state index contributed by atoms with van der Waals surface area (Å²) in [7, 11) is 0. The highest BCUT2D eigenvalue weighted by atomic mass is 35.5. The van der Waals surface area contributed by atoms with Crippen LogP contribution in [0, 0.1) is 0 Å². The van der Waals surface area contributed by atoms with E-state index in [9.17, 15) is 14.4 Å². The van der Waals surface area contributed by atoms with Gasteiger partial charge in [0.2, 0.25) is 0 Å². The van der Waals surface area contributed by atoms with Gasteiger partial charge in [-0.25, -0.2) is 4.79 Å². The molecule has 1 N–H and O–H groups in total. The van der Waals surface area contributed by atoms with Gasteiger partial charge in [-0.3, -0.25) is 9.59 Å². The Bertz CT molecular complexity index is 536. The number of aliphatic carboxylic acids is 1. The van der Waals surface area contributed by atoms with E-state index in [1.165, 1.54) is 25.1 Å². The molecule has 6 heteroatoms. The van der Waals surface area contributed by atoms with Gasteiger partial charge in [0, 0.05) is 5.56 Å². The Kier molecular flexibility index (Phi) is 5.70. The number of hydrogen-bond acceptors (Lipinski definition) is 4. The Balaban J connectivity index is 3.39. The van der Waals surface area contributed by atoms with Crippen LogP contribution in [0.25, 0.3) is 0 Å². The molecule has 1 rings (SSSR count). The van der Waals surface area contributed by atoms with E-state index in [4.69, 9.17) is 21.4 Å². The molecule has 5 nitrogen and oxygen atoms in total. The second-order valence-corrected chi connectivity index (χ2v) is 4.77. The number of ketones is 1. The standard InChI is InChI=1S/C14H15ClO5/c1-3-20-14(19)12-9(7-11(16)17)5-4-6-10(12)13(18)8(2)15/h4-6,8H,3,7H2,1-2H3,(H,16,17). The second kappa shape index (κ2) is 7.05. The Morgan fingerprint density at radius 3 is 2.50 bits per heavy atom. The first-order chi connectivity index (χ1) is 9.38. The van der Waals surface area contributed by atoms with Crippen molar-refractivity contribution in [1.82, 2.24) is 0 Å².